The molecule has 11 nitrogen and oxygen atoms in total. The Morgan fingerprint density at radius 3 is 2.47 bits per heavy atom. The lowest BCUT2D eigenvalue weighted by molar-refractivity contribution is -0.337. The highest BCUT2D eigenvalue weighted by Crippen LogP contribution is 2.79. The van der Waals surface area contributed by atoms with Crippen molar-refractivity contribution in [2.75, 3.05) is 39.7 Å². The molecule has 5 N–H and O–H groups in total. The van der Waals surface area contributed by atoms with Crippen LogP contribution in [-0.2, 0) is 23.7 Å². The van der Waals surface area contributed by atoms with Crippen LogP contribution in [0.3, 0.4) is 0 Å². The molecular formula is C32H46N2O9. The lowest BCUT2D eigenvalue weighted by Gasteiger charge is -2.70. The molecule has 12 atom stereocenters. The Balaban J connectivity index is 0.00000329. The van der Waals surface area contributed by atoms with E-state index >= 15 is 0 Å². The number of nitrogens with zero attached hydrogens (tertiary/aromatic N) is 1. The van der Waals surface area contributed by atoms with Crippen LogP contribution >= 0.6 is 0 Å². The van der Waals surface area contributed by atoms with Gasteiger partial charge in [0.1, 0.15) is 16.8 Å². The maximum atomic E-state index is 14.0. The van der Waals surface area contributed by atoms with Gasteiger partial charge in [-0.15, -0.1) is 0 Å². The lowest BCUT2D eigenvalue weighted by Crippen LogP contribution is -2.83. The summed E-state index contributed by atoms with van der Waals surface area (Å²) in [7, 11) is 5.05. The molecule has 5 saturated carbocycles. The smallest absolute Gasteiger partial charge is 0.340 e. The van der Waals surface area contributed by atoms with Crippen LogP contribution in [0.5, 0.6) is 0 Å². The van der Waals surface area contributed by atoms with E-state index in [1.807, 2.05) is 0 Å². The van der Waals surface area contributed by atoms with Crippen molar-refractivity contribution in [2.24, 2.45) is 29.1 Å². The first-order valence-electron chi connectivity index (χ1n) is 15.4. The Morgan fingerprint density at radius 2 is 1.81 bits per heavy atom. The molecular weight excluding hydrogens is 556 g/mol. The van der Waals surface area contributed by atoms with Gasteiger partial charge in [0.15, 0.2) is 0 Å². The highest BCUT2D eigenvalue weighted by molar-refractivity contribution is 6.00. The number of aliphatic hydroxyl groups is 2. The van der Waals surface area contributed by atoms with E-state index in [1.54, 1.807) is 45.6 Å². The van der Waals surface area contributed by atoms with Gasteiger partial charge in [-0.05, 0) is 44.4 Å². The van der Waals surface area contributed by atoms with Crippen molar-refractivity contribution in [2.45, 2.75) is 87.1 Å². The van der Waals surface area contributed by atoms with Crippen molar-refractivity contribution >= 4 is 17.6 Å². The van der Waals surface area contributed by atoms with E-state index in [-0.39, 0.29) is 53.3 Å². The Hall–Kier alpha value is -2.12. The van der Waals surface area contributed by atoms with Gasteiger partial charge in [0.05, 0.1) is 29.6 Å². The van der Waals surface area contributed by atoms with Crippen molar-refractivity contribution in [3.05, 3.63) is 29.8 Å². The Labute approximate surface area is 252 Å². The molecule has 1 spiro atoms. The minimum Gasteiger partial charge on any atom is -0.454 e. The minimum atomic E-state index is -1.48. The summed E-state index contributed by atoms with van der Waals surface area (Å²) in [4.78, 5) is 28.3. The van der Waals surface area contributed by atoms with Crippen molar-refractivity contribution in [3.63, 3.8) is 0 Å². The summed E-state index contributed by atoms with van der Waals surface area (Å²) in [5.41, 5.74) is -3.57. The molecule has 7 rings (SSSR count). The zero-order valence-corrected chi connectivity index (χ0v) is 25.7. The van der Waals surface area contributed by atoms with Crippen molar-refractivity contribution in [1.29, 1.82) is 0 Å². The predicted molar refractivity (Wildman–Crippen MR) is 155 cm³/mol. The van der Waals surface area contributed by atoms with Gasteiger partial charge in [0, 0.05) is 76.3 Å². The second-order valence-corrected chi connectivity index (χ2v) is 13.7. The summed E-state index contributed by atoms with van der Waals surface area (Å²) in [5.74, 6) is -1.54. The Bertz CT molecular complexity index is 1300. The van der Waals surface area contributed by atoms with E-state index in [0.717, 1.165) is 0 Å². The maximum Gasteiger partial charge on any atom is 0.340 e. The van der Waals surface area contributed by atoms with Gasteiger partial charge in [-0.1, -0.05) is 19.1 Å². The maximum absolute atomic E-state index is 14.0. The zero-order chi connectivity index (χ0) is 29.8. The average Bonchev–Trinajstić information content (AvgIpc) is 3.39. The number of benzene rings is 1. The van der Waals surface area contributed by atoms with Crippen molar-refractivity contribution < 1.29 is 44.2 Å². The fraction of sp³-hybridized carbons (Fsp3) is 0.750. The SMILES string of the molecule is CCN1C[C@]2(OC(=O)c3ccccc3NC(C)=O)CC[C@H](OC)C34C1C(C[C@@H]32)[C@@]1(O)C[C@H](OC)[C@H]2C[C@@H]4[C@]1(O)[C@H]2OC.O. The number of hydrogen-bond donors (Lipinski definition) is 3. The van der Waals surface area contributed by atoms with E-state index in [4.69, 9.17) is 18.9 Å². The molecule has 3 unspecified atom stereocenters. The van der Waals surface area contributed by atoms with Crippen LogP contribution in [0.4, 0.5) is 5.69 Å². The summed E-state index contributed by atoms with van der Waals surface area (Å²) in [5, 5.41) is 28.4. The van der Waals surface area contributed by atoms with Gasteiger partial charge in [-0.3, -0.25) is 9.69 Å². The highest BCUT2D eigenvalue weighted by atomic mass is 16.6. The van der Waals surface area contributed by atoms with Gasteiger partial charge < -0.3 is 40.0 Å². The fourth-order valence-electron chi connectivity index (χ4n) is 11.6. The third-order valence-corrected chi connectivity index (χ3v) is 12.6. The summed E-state index contributed by atoms with van der Waals surface area (Å²) >= 11 is 0. The number of amides is 1. The molecule has 6 fully saturated rings. The Morgan fingerprint density at radius 1 is 1.07 bits per heavy atom. The molecule has 5 aliphatic carbocycles. The van der Waals surface area contributed by atoms with Crippen LogP contribution in [0.2, 0.25) is 0 Å². The number of likely N-dealkylation sites (N-methyl/N-ethyl adjacent to an activating group) is 1. The van der Waals surface area contributed by atoms with Crippen LogP contribution < -0.4 is 5.32 Å². The number of likely N-dealkylation sites (tertiary alicyclic amines) is 1. The molecule has 11 heteroatoms. The topological polar surface area (TPSA) is 158 Å². The molecule has 1 aliphatic heterocycles. The zero-order valence-electron chi connectivity index (χ0n) is 25.7. The van der Waals surface area contributed by atoms with Crippen LogP contribution in [-0.4, -0.2) is 108 Å². The summed E-state index contributed by atoms with van der Waals surface area (Å²) in [6, 6.07) is 6.89. The summed E-state index contributed by atoms with van der Waals surface area (Å²) in [6.45, 7) is 4.79. The van der Waals surface area contributed by atoms with E-state index in [2.05, 4.69) is 17.1 Å². The van der Waals surface area contributed by atoms with Crippen molar-refractivity contribution in [3.8, 4) is 0 Å². The van der Waals surface area contributed by atoms with Gasteiger partial charge in [0.25, 0.3) is 0 Å². The molecule has 0 aromatic heterocycles. The predicted octanol–water partition coefficient (Wildman–Crippen LogP) is 1.40. The van der Waals surface area contributed by atoms with E-state index in [0.29, 0.717) is 56.4 Å². The van der Waals surface area contributed by atoms with Crippen LogP contribution in [0.15, 0.2) is 24.3 Å². The largest absolute Gasteiger partial charge is 0.454 e. The number of methoxy groups -OCH3 is 3. The minimum absolute atomic E-state index is 0. The van der Waals surface area contributed by atoms with Crippen LogP contribution in [0, 0.1) is 29.1 Å². The number of esters is 1. The molecule has 1 saturated heterocycles. The number of ether oxygens (including phenoxy) is 4. The number of nitrogens with one attached hydrogen (secondary N) is 1. The number of para-hydroxylation sites is 1. The van der Waals surface area contributed by atoms with Gasteiger partial charge in [0.2, 0.25) is 5.91 Å². The number of fused-ring (bicyclic) bond motifs is 2. The number of anilines is 1. The molecule has 1 aromatic carbocycles. The number of hydrogen-bond acceptors (Lipinski definition) is 9. The molecule has 238 valence electrons. The number of carbonyl (C=O) groups excluding carboxylic acids is 2. The number of piperidine rings is 1. The first-order valence-corrected chi connectivity index (χ1v) is 15.4. The van der Waals surface area contributed by atoms with Crippen LogP contribution in [0.1, 0.15) is 56.3 Å². The fourth-order valence-corrected chi connectivity index (χ4v) is 11.6. The Kier molecular flexibility index (Phi) is 7.33. The average molecular weight is 603 g/mol. The molecule has 1 heterocycles. The van der Waals surface area contributed by atoms with E-state index < -0.39 is 34.3 Å². The molecule has 6 aliphatic rings. The molecule has 7 bridgehead atoms. The molecule has 1 aromatic rings. The summed E-state index contributed by atoms with van der Waals surface area (Å²) in [6.07, 6.45) is 1.91. The van der Waals surface area contributed by atoms with Gasteiger partial charge in [-0.25, -0.2) is 4.79 Å². The lowest BCUT2D eigenvalue weighted by atomic mass is 9.44. The molecule has 1 amide bonds. The quantitative estimate of drug-likeness (QED) is 0.392. The highest BCUT2D eigenvalue weighted by Gasteiger charge is 2.89. The normalized spacial score (nSPS) is 47.0. The van der Waals surface area contributed by atoms with E-state index in [9.17, 15) is 19.8 Å². The first-order chi connectivity index (χ1) is 20.1. The standard InChI is InChI=1S/C32H44N2O8.H2O/c1-6-34-16-29(42-28(36)18-9-7-8-10-21(18)33-17(2)35)12-11-25(40-4)31-23(29)14-20(26(31)34)30(37)15-22(39-3)19-13-24(31)32(30,38)27(19)41-5;/h7-10,19-20,22-27,37-38H,6,11-16H2,1-5H3,(H,33,35);1H2/t19-,20?,22+,23-,24+,25+,26?,27+,29-,30+,31?,32+;/m1./s1. The van der Waals surface area contributed by atoms with E-state index in [1.165, 1.54) is 6.92 Å². The number of rotatable bonds is 7. The summed E-state index contributed by atoms with van der Waals surface area (Å²) < 4.78 is 25.1. The van der Waals surface area contributed by atoms with Gasteiger partial charge in [-0.2, -0.15) is 0 Å². The second-order valence-electron chi connectivity index (χ2n) is 13.7. The van der Waals surface area contributed by atoms with Crippen molar-refractivity contribution in [1.82, 2.24) is 4.90 Å². The third kappa shape index (κ3) is 3.55. The first kappa shape index (κ1) is 30.9. The second kappa shape index (κ2) is 10.2. The molecule has 0 radical (unpaired) electrons. The number of carbonyl (C=O) groups is 2. The molecule has 43 heavy (non-hydrogen) atoms. The van der Waals surface area contributed by atoms with Crippen LogP contribution in [0.25, 0.3) is 0 Å². The van der Waals surface area contributed by atoms with Gasteiger partial charge >= 0.3 is 5.97 Å². The third-order valence-electron chi connectivity index (χ3n) is 12.6. The monoisotopic (exact) mass is 602 g/mol.